The second-order valence-corrected chi connectivity index (χ2v) is 8.75. The van der Waals surface area contributed by atoms with Crippen molar-refractivity contribution in [3.05, 3.63) is 83.9 Å². The summed E-state index contributed by atoms with van der Waals surface area (Å²) in [5.41, 5.74) is 2.77. The number of benzene rings is 3. The third-order valence-electron chi connectivity index (χ3n) is 4.97. The molecular formula is C23H22N2O4S. The van der Waals surface area contributed by atoms with Crippen molar-refractivity contribution < 1.29 is 17.9 Å². The van der Waals surface area contributed by atoms with Gasteiger partial charge in [-0.25, -0.2) is 8.42 Å². The number of amides is 1. The highest BCUT2D eigenvalue weighted by Gasteiger charge is 2.30. The van der Waals surface area contributed by atoms with Crippen LogP contribution in [0, 0.1) is 0 Å². The molecule has 3 aromatic rings. The molecule has 154 valence electrons. The molecule has 1 aliphatic rings. The first-order valence-electron chi connectivity index (χ1n) is 9.74. The minimum Gasteiger partial charge on any atom is -0.494 e. The van der Waals surface area contributed by atoms with E-state index >= 15 is 0 Å². The van der Waals surface area contributed by atoms with Crippen molar-refractivity contribution in [1.82, 2.24) is 0 Å². The number of fused-ring (bicyclic) bond motifs is 1. The smallest absolute Gasteiger partial charge is 0.264 e. The van der Waals surface area contributed by atoms with Crippen LogP contribution in [0.5, 0.6) is 5.75 Å². The molecule has 0 unspecified atom stereocenters. The Morgan fingerprint density at radius 1 is 1.00 bits per heavy atom. The van der Waals surface area contributed by atoms with Gasteiger partial charge in [0.1, 0.15) is 5.75 Å². The maximum absolute atomic E-state index is 13.1. The van der Waals surface area contributed by atoms with Gasteiger partial charge < -0.3 is 10.1 Å². The van der Waals surface area contributed by atoms with Crippen molar-refractivity contribution in [2.75, 3.05) is 22.8 Å². The molecule has 0 atom stereocenters. The van der Waals surface area contributed by atoms with Crippen molar-refractivity contribution in [2.24, 2.45) is 0 Å². The lowest BCUT2D eigenvalue weighted by molar-refractivity contribution is 0.102. The first kappa shape index (κ1) is 20.0. The predicted molar refractivity (Wildman–Crippen MR) is 117 cm³/mol. The molecule has 1 amide bonds. The Morgan fingerprint density at radius 2 is 1.70 bits per heavy atom. The normalized spacial score (nSPS) is 13.0. The van der Waals surface area contributed by atoms with Crippen LogP contribution < -0.4 is 14.4 Å². The molecule has 0 radical (unpaired) electrons. The van der Waals surface area contributed by atoms with Crippen molar-refractivity contribution in [2.45, 2.75) is 18.2 Å². The van der Waals surface area contributed by atoms with Gasteiger partial charge in [-0.3, -0.25) is 9.10 Å². The summed E-state index contributed by atoms with van der Waals surface area (Å²) >= 11 is 0. The maximum atomic E-state index is 13.1. The third kappa shape index (κ3) is 3.89. The average molecular weight is 423 g/mol. The topological polar surface area (TPSA) is 75.7 Å². The number of sulfonamides is 1. The molecule has 4 rings (SSSR count). The molecule has 0 bridgehead atoms. The van der Waals surface area contributed by atoms with E-state index in [1.165, 1.54) is 16.4 Å². The molecule has 1 N–H and O–H groups in total. The summed E-state index contributed by atoms with van der Waals surface area (Å²) in [6.45, 7) is 2.88. The monoisotopic (exact) mass is 422 g/mol. The Kier molecular flexibility index (Phi) is 5.46. The number of carbonyl (C=O) groups excluding carboxylic acids is 1. The van der Waals surface area contributed by atoms with Gasteiger partial charge in [0, 0.05) is 17.8 Å². The number of ether oxygens (including phenoxy) is 1. The Hall–Kier alpha value is -3.32. The first-order valence-corrected chi connectivity index (χ1v) is 11.2. The van der Waals surface area contributed by atoms with E-state index in [4.69, 9.17) is 4.74 Å². The van der Waals surface area contributed by atoms with Gasteiger partial charge in [-0.2, -0.15) is 0 Å². The van der Waals surface area contributed by atoms with Crippen LogP contribution in [-0.2, 0) is 16.4 Å². The van der Waals surface area contributed by atoms with E-state index in [-0.39, 0.29) is 10.8 Å². The Labute approximate surface area is 176 Å². The highest BCUT2D eigenvalue weighted by molar-refractivity contribution is 7.92. The molecule has 1 heterocycles. The number of rotatable bonds is 6. The standard InChI is InChI=1S/C23H22N2O4S/c1-2-29-20-11-7-18(8-12-20)23(26)24-19-9-13-21(14-10-19)30(27,28)25-16-15-17-5-3-4-6-22(17)25/h3-14H,2,15-16H2,1H3,(H,24,26). The van der Waals surface area contributed by atoms with Crippen LogP contribution in [0.4, 0.5) is 11.4 Å². The summed E-state index contributed by atoms with van der Waals surface area (Å²) in [5.74, 6) is 0.425. The second kappa shape index (κ2) is 8.20. The van der Waals surface area contributed by atoms with Crippen LogP contribution in [0.1, 0.15) is 22.8 Å². The van der Waals surface area contributed by atoms with Gasteiger partial charge in [0.05, 0.1) is 17.2 Å². The molecule has 3 aromatic carbocycles. The molecule has 0 saturated heterocycles. The van der Waals surface area contributed by atoms with Crippen LogP contribution >= 0.6 is 0 Å². The Morgan fingerprint density at radius 3 is 2.40 bits per heavy atom. The van der Waals surface area contributed by atoms with Crippen molar-refractivity contribution in [3.63, 3.8) is 0 Å². The summed E-state index contributed by atoms with van der Waals surface area (Å²) in [7, 11) is -3.65. The van der Waals surface area contributed by atoms with Gasteiger partial charge in [-0.1, -0.05) is 18.2 Å². The zero-order valence-corrected chi connectivity index (χ0v) is 17.4. The highest BCUT2D eigenvalue weighted by atomic mass is 32.2. The van der Waals surface area contributed by atoms with E-state index in [2.05, 4.69) is 5.32 Å². The molecule has 30 heavy (non-hydrogen) atoms. The summed E-state index contributed by atoms with van der Waals surface area (Å²) in [6.07, 6.45) is 0.700. The quantitative estimate of drug-likeness (QED) is 0.649. The third-order valence-corrected chi connectivity index (χ3v) is 6.80. The fourth-order valence-corrected chi connectivity index (χ4v) is 4.97. The summed E-state index contributed by atoms with van der Waals surface area (Å²) in [5, 5.41) is 2.79. The van der Waals surface area contributed by atoms with E-state index in [1.807, 2.05) is 31.2 Å². The molecule has 6 nitrogen and oxygen atoms in total. The van der Waals surface area contributed by atoms with E-state index in [1.54, 1.807) is 36.4 Å². The van der Waals surface area contributed by atoms with Gasteiger partial charge in [0.25, 0.3) is 15.9 Å². The molecular weight excluding hydrogens is 400 g/mol. The van der Waals surface area contributed by atoms with E-state index < -0.39 is 10.0 Å². The predicted octanol–water partition coefficient (Wildman–Crippen LogP) is 4.09. The van der Waals surface area contributed by atoms with Gasteiger partial charge in [0.2, 0.25) is 0 Å². The SMILES string of the molecule is CCOc1ccc(C(=O)Nc2ccc(S(=O)(=O)N3CCc4ccccc43)cc2)cc1. The van der Waals surface area contributed by atoms with Crippen LogP contribution in [0.3, 0.4) is 0 Å². The number of hydrogen-bond acceptors (Lipinski definition) is 4. The van der Waals surface area contributed by atoms with Crippen molar-refractivity contribution in [3.8, 4) is 5.75 Å². The van der Waals surface area contributed by atoms with Crippen LogP contribution in [0.2, 0.25) is 0 Å². The van der Waals surface area contributed by atoms with Crippen LogP contribution in [-0.4, -0.2) is 27.5 Å². The molecule has 1 aliphatic heterocycles. The Balaban J connectivity index is 1.48. The van der Waals surface area contributed by atoms with Gasteiger partial charge in [-0.05, 0) is 73.5 Å². The number of para-hydroxylation sites is 1. The van der Waals surface area contributed by atoms with Gasteiger partial charge in [-0.15, -0.1) is 0 Å². The molecule has 0 saturated carbocycles. The number of hydrogen-bond donors (Lipinski definition) is 1. The minimum absolute atomic E-state index is 0.193. The van der Waals surface area contributed by atoms with Crippen molar-refractivity contribution >= 4 is 27.3 Å². The average Bonchev–Trinajstić information content (AvgIpc) is 3.20. The van der Waals surface area contributed by atoms with E-state index in [9.17, 15) is 13.2 Å². The lowest BCUT2D eigenvalue weighted by atomic mass is 10.2. The Bertz CT molecular complexity index is 1160. The van der Waals surface area contributed by atoms with Crippen LogP contribution in [0.25, 0.3) is 0 Å². The van der Waals surface area contributed by atoms with Crippen LogP contribution in [0.15, 0.2) is 77.7 Å². The summed E-state index contributed by atoms with van der Waals surface area (Å²) in [4.78, 5) is 12.6. The lowest BCUT2D eigenvalue weighted by Crippen LogP contribution is -2.29. The van der Waals surface area contributed by atoms with E-state index in [0.717, 1.165) is 11.3 Å². The van der Waals surface area contributed by atoms with Gasteiger partial charge >= 0.3 is 0 Å². The molecule has 7 heteroatoms. The van der Waals surface area contributed by atoms with E-state index in [0.29, 0.717) is 36.6 Å². The number of anilines is 2. The minimum atomic E-state index is -3.65. The zero-order chi connectivity index (χ0) is 21.1. The van der Waals surface area contributed by atoms with Gasteiger partial charge in [0.15, 0.2) is 0 Å². The largest absolute Gasteiger partial charge is 0.494 e. The fraction of sp³-hybridized carbons (Fsp3) is 0.174. The molecule has 0 aromatic heterocycles. The number of nitrogens with zero attached hydrogens (tertiary/aromatic N) is 1. The lowest BCUT2D eigenvalue weighted by Gasteiger charge is -2.19. The molecule has 0 fully saturated rings. The second-order valence-electron chi connectivity index (χ2n) is 6.89. The maximum Gasteiger partial charge on any atom is 0.264 e. The zero-order valence-electron chi connectivity index (χ0n) is 16.5. The summed E-state index contributed by atoms with van der Waals surface area (Å²) < 4.78 is 32.9. The fourth-order valence-electron chi connectivity index (χ4n) is 3.47. The summed E-state index contributed by atoms with van der Waals surface area (Å²) in [6, 6.07) is 20.6. The molecule has 0 aliphatic carbocycles. The first-order chi connectivity index (χ1) is 14.5. The van der Waals surface area contributed by atoms with Crippen molar-refractivity contribution in [1.29, 1.82) is 0 Å². The number of carbonyl (C=O) groups is 1. The number of nitrogens with one attached hydrogen (secondary N) is 1. The highest BCUT2D eigenvalue weighted by Crippen LogP contribution is 2.32. The molecule has 0 spiro atoms.